The van der Waals surface area contributed by atoms with Gasteiger partial charge in [-0.25, -0.2) is 9.67 Å². The summed E-state index contributed by atoms with van der Waals surface area (Å²) in [6, 6.07) is 9.56. The summed E-state index contributed by atoms with van der Waals surface area (Å²) in [6.45, 7) is 0.340. The van der Waals surface area contributed by atoms with Crippen LogP contribution in [-0.4, -0.2) is 19.9 Å². The van der Waals surface area contributed by atoms with E-state index in [1.807, 2.05) is 30.3 Å². The summed E-state index contributed by atoms with van der Waals surface area (Å²) >= 11 is 6.69. The quantitative estimate of drug-likeness (QED) is 0.858. The van der Waals surface area contributed by atoms with Gasteiger partial charge in [0.15, 0.2) is 0 Å². The number of hydrogen-bond acceptors (Lipinski definition) is 3. The van der Waals surface area contributed by atoms with Gasteiger partial charge in [0.25, 0.3) is 0 Å². The molecular weight excluding hydrogens is 374 g/mol. The molecule has 0 aliphatic heterocycles. The van der Waals surface area contributed by atoms with Crippen LogP contribution in [0.25, 0.3) is 0 Å². The molecule has 0 saturated carbocycles. The third-order valence-corrected chi connectivity index (χ3v) is 4.46. The fourth-order valence-corrected chi connectivity index (χ4v) is 2.52. The average molecular weight is 387 g/mol. The van der Waals surface area contributed by atoms with Crippen molar-refractivity contribution in [3.8, 4) is 0 Å². The fraction of sp³-hybridized carbons (Fsp3) is 0.231. The van der Waals surface area contributed by atoms with Gasteiger partial charge in [0.2, 0.25) is 0 Å². The number of nitrogens with zero attached hydrogens (tertiary/aromatic N) is 3. The molecule has 0 fully saturated rings. The van der Waals surface area contributed by atoms with Gasteiger partial charge in [-0.1, -0.05) is 62.2 Å². The van der Waals surface area contributed by atoms with E-state index in [-0.39, 0.29) is 0 Å². The Bertz CT molecular complexity index is 542. The van der Waals surface area contributed by atoms with E-state index in [1.165, 1.54) is 6.33 Å². The Morgan fingerprint density at radius 2 is 2.11 bits per heavy atom. The maximum Gasteiger partial charge on any atom is 0.137 e. The van der Waals surface area contributed by atoms with Crippen LogP contribution in [0.5, 0.6) is 0 Å². The van der Waals surface area contributed by atoms with E-state index in [9.17, 15) is 5.11 Å². The number of benzene rings is 1. The minimum absolute atomic E-state index is 0.340. The molecule has 1 aromatic carbocycles. The van der Waals surface area contributed by atoms with Crippen LogP contribution in [0.1, 0.15) is 12.0 Å². The lowest BCUT2D eigenvalue weighted by Gasteiger charge is -2.28. The van der Waals surface area contributed by atoms with Gasteiger partial charge in [-0.15, -0.1) is 0 Å². The molecule has 19 heavy (non-hydrogen) atoms. The lowest BCUT2D eigenvalue weighted by Crippen LogP contribution is -2.31. The summed E-state index contributed by atoms with van der Waals surface area (Å²) in [5.41, 5.74) is -0.199. The zero-order valence-electron chi connectivity index (χ0n) is 10.1. The summed E-state index contributed by atoms with van der Waals surface area (Å²) in [7, 11) is 0. The standard InChI is InChI=1S/C13H13Br2N3O/c14-7-12(15)6-13(19,8-18-10-16-9-17-18)11-4-2-1-3-5-11/h1-5,7,9-10,19H,6,8H2. The summed E-state index contributed by atoms with van der Waals surface area (Å²) in [5.74, 6) is 0. The van der Waals surface area contributed by atoms with Crippen LogP contribution >= 0.6 is 31.9 Å². The van der Waals surface area contributed by atoms with Gasteiger partial charge in [0.1, 0.15) is 18.3 Å². The van der Waals surface area contributed by atoms with Gasteiger partial charge in [-0.2, -0.15) is 5.10 Å². The zero-order valence-corrected chi connectivity index (χ0v) is 13.2. The van der Waals surface area contributed by atoms with E-state index in [0.29, 0.717) is 13.0 Å². The molecule has 0 radical (unpaired) electrons. The average Bonchev–Trinajstić information content (AvgIpc) is 2.92. The van der Waals surface area contributed by atoms with Crippen molar-refractivity contribution in [2.75, 3.05) is 0 Å². The first kappa shape index (κ1) is 14.4. The van der Waals surface area contributed by atoms with E-state index in [0.717, 1.165) is 10.0 Å². The first-order valence-electron chi connectivity index (χ1n) is 5.69. The predicted molar refractivity (Wildman–Crippen MR) is 80.9 cm³/mol. The SMILES string of the molecule is OC(CC(Br)=CBr)(Cn1cncn1)c1ccccc1. The van der Waals surface area contributed by atoms with Gasteiger partial charge in [-0.05, 0) is 10.5 Å². The van der Waals surface area contributed by atoms with Crippen molar-refractivity contribution >= 4 is 31.9 Å². The first-order chi connectivity index (χ1) is 9.14. The maximum atomic E-state index is 11.0. The largest absolute Gasteiger partial charge is 0.383 e. The Balaban J connectivity index is 2.32. The van der Waals surface area contributed by atoms with Crippen LogP contribution in [0.15, 0.2) is 52.5 Å². The van der Waals surface area contributed by atoms with E-state index >= 15 is 0 Å². The zero-order chi connectivity index (χ0) is 13.7. The molecule has 0 amide bonds. The van der Waals surface area contributed by atoms with Crippen molar-refractivity contribution < 1.29 is 5.11 Å². The van der Waals surface area contributed by atoms with Gasteiger partial charge >= 0.3 is 0 Å². The smallest absolute Gasteiger partial charge is 0.137 e. The van der Waals surface area contributed by atoms with E-state index in [1.54, 1.807) is 16.0 Å². The molecular formula is C13H13Br2N3O. The fourth-order valence-electron chi connectivity index (χ4n) is 1.90. The minimum Gasteiger partial charge on any atom is -0.383 e. The molecule has 1 N–H and O–H groups in total. The number of aromatic nitrogens is 3. The lowest BCUT2D eigenvalue weighted by molar-refractivity contribution is 0.0171. The van der Waals surface area contributed by atoms with Crippen molar-refractivity contribution in [1.29, 1.82) is 0 Å². The molecule has 2 aromatic rings. The predicted octanol–water partition coefficient (Wildman–Crippen LogP) is 3.19. The van der Waals surface area contributed by atoms with Crippen LogP contribution < -0.4 is 0 Å². The molecule has 0 spiro atoms. The second-order valence-electron chi connectivity index (χ2n) is 4.22. The van der Waals surface area contributed by atoms with Crippen LogP contribution in [0, 0.1) is 0 Å². The van der Waals surface area contributed by atoms with Crippen molar-refractivity contribution in [3.63, 3.8) is 0 Å². The van der Waals surface area contributed by atoms with Crippen LogP contribution in [0.4, 0.5) is 0 Å². The molecule has 2 rings (SSSR count). The Morgan fingerprint density at radius 3 is 2.68 bits per heavy atom. The monoisotopic (exact) mass is 385 g/mol. The molecule has 0 bridgehead atoms. The number of halogens is 2. The summed E-state index contributed by atoms with van der Waals surface area (Å²) in [5, 5.41) is 15.0. The van der Waals surface area contributed by atoms with Crippen LogP contribution in [0.3, 0.4) is 0 Å². The Kier molecular flexibility index (Phi) is 4.90. The third kappa shape index (κ3) is 3.75. The summed E-state index contributed by atoms with van der Waals surface area (Å²) in [4.78, 5) is 5.66. The molecule has 1 heterocycles. The third-order valence-electron chi connectivity index (χ3n) is 2.78. The lowest BCUT2D eigenvalue weighted by atomic mass is 9.90. The van der Waals surface area contributed by atoms with Crippen LogP contribution in [-0.2, 0) is 12.1 Å². The molecule has 4 nitrogen and oxygen atoms in total. The van der Waals surface area contributed by atoms with Gasteiger partial charge in [-0.3, -0.25) is 0 Å². The molecule has 6 heteroatoms. The normalized spacial score (nSPS) is 15.2. The van der Waals surface area contributed by atoms with E-state index < -0.39 is 5.60 Å². The van der Waals surface area contributed by atoms with E-state index in [2.05, 4.69) is 41.9 Å². The molecule has 0 saturated heterocycles. The highest BCUT2D eigenvalue weighted by Gasteiger charge is 2.30. The van der Waals surface area contributed by atoms with E-state index in [4.69, 9.17) is 0 Å². The maximum absolute atomic E-state index is 11.0. The first-order valence-corrected chi connectivity index (χ1v) is 7.40. The highest BCUT2D eigenvalue weighted by atomic mass is 79.9. The highest BCUT2D eigenvalue weighted by molar-refractivity contribution is 9.14. The second kappa shape index (κ2) is 6.45. The Hall–Kier alpha value is -0.980. The van der Waals surface area contributed by atoms with Crippen molar-refractivity contribution in [2.45, 2.75) is 18.6 Å². The van der Waals surface area contributed by atoms with Gasteiger partial charge in [0.05, 0.1) is 6.54 Å². The molecule has 100 valence electrons. The van der Waals surface area contributed by atoms with Crippen molar-refractivity contribution in [2.24, 2.45) is 0 Å². The minimum atomic E-state index is -1.04. The number of aliphatic hydroxyl groups is 1. The second-order valence-corrected chi connectivity index (χ2v) is 5.70. The molecule has 1 atom stereocenters. The van der Waals surface area contributed by atoms with Crippen LogP contribution in [0.2, 0.25) is 0 Å². The molecule has 0 aliphatic rings. The Morgan fingerprint density at radius 1 is 1.37 bits per heavy atom. The Labute approximate surface area is 128 Å². The molecule has 0 aliphatic carbocycles. The summed E-state index contributed by atoms with van der Waals surface area (Å²) in [6.07, 6.45) is 3.50. The highest BCUT2D eigenvalue weighted by Crippen LogP contribution is 2.32. The molecule has 1 unspecified atom stereocenters. The number of rotatable bonds is 5. The number of hydrogen-bond donors (Lipinski definition) is 1. The van der Waals surface area contributed by atoms with Crippen molar-refractivity contribution in [1.82, 2.24) is 14.8 Å². The topological polar surface area (TPSA) is 50.9 Å². The molecule has 1 aromatic heterocycles. The van der Waals surface area contributed by atoms with Gasteiger partial charge in [0, 0.05) is 10.9 Å². The van der Waals surface area contributed by atoms with Gasteiger partial charge < -0.3 is 5.11 Å². The summed E-state index contributed by atoms with van der Waals surface area (Å²) < 4.78 is 2.50. The van der Waals surface area contributed by atoms with Crippen molar-refractivity contribution in [3.05, 3.63) is 58.0 Å².